The first-order valence-corrected chi connectivity index (χ1v) is 7.36. The standard InChI is InChI=1S/C16H16BrN3/c1-20-15-9-5-4-8-14(15)19-16(20)10-13(18)11-6-2-3-7-12(11)17/h2-9,13H,10,18H2,1H3. The highest BCUT2D eigenvalue weighted by molar-refractivity contribution is 9.10. The Labute approximate surface area is 126 Å². The van der Waals surface area contributed by atoms with Gasteiger partial charge >= 0.3 is 0 Å². The van der Waals surface area contributed by atoms with Gasteiger partial charge < -0.3 is 10.3 Å². The third-order valence-electron chi connectivity index (χ3n) is 3.59. The summed E-state index contributed by atoms with van der Waals surface area (Å²) in [4.78, 5) is 4.68. The van der Waals surface area contributed by atoms with E-state index in [-0.39, 0.29) is 6.04 Å². The third kappa shape index (κ3) is 2.37. The van der Waals surface area contributed by atoms with Crippen molar-refractivity contribution in [1.82, 2.24) is 9.55 Å². The molecule has 3 nitrogen and oxygen atoms in total. The SMILES string of the molecule is Cn1c(CC(N)c2ccccc2Br)nc2ccccc21. The summed E-state index contributed by atoms with van der Waals surface area (Å²) >= 11 is 3.56. The highest BCUT2D eigenvalue weighted by Gasteiger charge is 2.14. The van der Waals surface area contributed by atoms with Crippen molar-refractivity contribution >= 4 is 27.0 Å². The molecule has 0 fully saturated rings. The van der Waals surface area contributed by atoms with Gasteiger partial charge in [0.2, 0.25) is 0 Å². The highest BCUT2D eigenvalue weighted by atomic mass is 79.9. The van der Waals surface area contributed by atoms with Crippen LogP contribution in [0.3, 0.4) is 0 Å². The Kier molecular flexibility index (Phi) is 3.59. The third-order valence-corrected chi connectivity index (χ3v) is 4.31. The largest absolute Gasteiger partial charge is 0.331 e. The topological polar surface area (TPSA) is 43.8 Å². The van der Waals surface area contributed by atoms with Crippen LogP contribution in [0.2, 0.25) is 0 Å². The van der Waals surface area contributed by atoms with Gasteiger partial charge in [0.05, 0.1) is 11.0 Å². The van der Waals surface area contributed by atoms with Crippen LogP contribution in [-0.4, -0.2) is 9.55 Å². The average Bonchev–Trinajstić information content (AvgIpc) is 2.76. The molecule has 2 aromatic carbocycles. The second-order valence-electron chi connectivity index (χ2n) is 4.91. The molecule has 0 radical (unpaired) electrons. The van der Waals surface area contributed by atoms with Gasteiger partial charge in [0.25, 0.3) is 0 Å². The fraction of sp³-hybridized carbons (Fsp3) is 0.188. The summed E-state index contributed by atoms with van der Waals surface area (Å²) in [7, 11) is 2.04. The van der Waals surface area contributed by atoms with Gasteiger partial charge in [0.1, 0.15) is 5.82 Å². The summed E-state index contributed by atoms with van der Waals surface area (Å²) in [5.74, 6) is 1.01. The molecule has 1 unspecified atom stereocenters. The van der Waals surface area contributed by atoms with Gasteiger partial charge in [-0.05, 0) is 23.8 Å². The van der Waals surface area contributed by atoms with Gasteiger partial charge in [-0.3, -0.25) is 0 Å². The molecule has 20 heavy (non-hydrogen) atoms. The van der Waals surface area contributed by atoms with Gasteiger partial charge in [-0.15, -0.1) is 0 Å². The lowest BCUT2D eigenvalue weighted by Gasteiger charge is -2.13. The molecule has 0 saturated heterocycles. The molecule has 0 bridgehead atoms. The first-order valence-electron chi connectivity index (χ1n) is 6.57. The zero-order valence-corrected chi connectivity index (χ0v) is 12.8. The average molecular weight is 330 g/mol. The number of benzene rings is 2. The number of aromatic nitrogens is 2. The number of aryl methyl sites for hydroxylation is 1. The van der Waals surface area contributed by atoms with Crippen molar-refractivity contribution in [3.05, 3.63) is 64.4 Å². The molecule has 0 spiro atoms. The Morgan fingerprint density at radius 2 is 1.85 bits per heavy atom. The van der Waals surface area contributed by atoms with E-state index >= 15 is 0 Å². The molecule has 0 aliphatic carbocycles. The van der Waals surface area contributed by atoms with E-state index in [1.807, 2.05) is 43.4 Å². The maximum Gasteiger partial charge on any atom is 0.111 e. The fourth-order valence-electron chi connectivity index (χ4n) is 2.46. The van der Waals surface area contributed by atoms with Gasteiger partial charge in [-0.1, -0.05) is 46.3 Å². The van der Waals surface area contributed by atoms with E-state index in [1.165, 1.54) is 0 Å². The summed E-state index contributed by atoms with van der Waals surface area (Å²) in [6.07, 6.45) is 0.716. The predicted molar refractivity (Wildman–Crippen MR) is 85.5 cm³/mol. The van der Waals surface area contributed by atoms with E-state index in [2.05, 4.69) is 37.6 Å². The summed E-state index contributed by atoms with van der Waals surface area (Å²) in [5, 5.41) is 0. The molecule has 0 saturated carbocycles. The molecule has 4 heteroatoms. The number of imidazole rings is 1. The first-order chi connectivity index (χ1) is 9.66. The van der Waals surface area contributed by atoms with E-state index in [0.717, 1.165) is 26.9 Å². The van der Waals surface area contributed by atoms with Crippen molar-refractivity contribution in [3.63, 3.8) is 0 Å². The van der Waals surface area contributed by atoms with E-state index in [1.54, 1.807) is 0 Å². The maximum atomic E-state index is 6.34. The second kappa shape index (κ2) is 5.38. The number of nitrogens with two attached hydrogens (primary N) is 1. The zero-order chi connectivity index (χ0) is 14.1. The first kappa shape index (κ1) is 13.3. The lowest BCUT2D eigenvalue weighted by atomic mass is 10.0. The minimum absolute atomic E-state index is 0.0684. The smallest absolute Gasteiger partial charge is 0.111 e. The Morgan fingerprint density at radius 3 is 2.60 bits per heavy atom. The van der Waals surface area contributed by atoms with Crippen molar-refractivity contribution in [3.8, 4) is 0 Å². The molecule has 3 aromatic rings. The monoisotopic (exact) mass is 329 g/mol. The molecule has 3 rings (SSSR count). The van der Waals surface area contributed by atoms with Gasteiger partial charge in [-0.25, -0.2) is 4.98 Å². The minimum atomic E-state index is -0.0684. The number of hydrogen-bond donors (Lipinski definition) is 1. The van der Waals surface area contributed by atoms with Crippen LogP contribution in [0.1, 0.15) is 17.4 Å². The number of hydrogen-bond acceptors (Lipinski definition) is 2. The molecule has 0 amide bonds. The summed E-state index contributed by atoms with van der Waals surface area (Å²) in [5.41, 5.74) is 9.60. The van der Waals surface area contributed by atoms with E-state index in [9.17, 15) is 0 Å². The van der Waals surface area contributed by atoms with Crippen molar-refractivity contribution in [2.24, 2.45) is 12.8 Å². The molecule has 102 valence electrons. The number of para-hydroxylation sites is 2. The Bertz CT molecular complexity index is 748. The molecule has 0 aliphatic rings. The normalized spacial score (nSPS) is 12.8. The van der Waals surface area contributed by atoms with Gasteiger partial charge in [0, 0.05) is 24.0 Å². The lowest BCUT2D eigenvalue weighted by molar-refractivity contribution is 0.663. The zero-order valence-electron chi connectivity index (χ0n) is 11.3. The van der Waals surface area contributed by atoms with E-state index < -0.39 is 0 Å². The van der Waals surface area contributed by atoms with Crippen LogP contribution in [0.25, 0.3) is 11.0 Å². The van der Waals surface area contributed by atoms with Gasteiger partial charge in [0.15, 0.2) is 0 Å². The molecular weight excluding hydrogens is 314 g/mol. The summed E-state index contributed by atoms with van der Waals surface area (Å²) in [6.45, 7) is 0. The predicted octanol–water partition coefficient (Wildman–Crippen LogP) is 3.58. The number of halogens is 1. The summed E-state index contributed by atoms with van der Waals surface area (Å²) in [6, 6.07) is 16.2. The van der Waals surface area contributed by atoms with E-state index in [4.69, 9.17) is 5.73 Å². The number of nitrogens with zero attached hydrogens (tertiary/aromatic N) is 2. The molecule has 1 aromatic heterocycles. The van der Waals surface area contributed by atoms with Crippen LogP contribution in [0.4, 0.5) is 0 Å². The van der Waals surface area contributed by atoms with E-state index in [0.29, 0.717) is 6.42 Å². The molecular formula is C16H16BrN3. The molecule has 1 heterocycles. The van der Waals surface area contributed by atoms with Crippen LogP contribution in [-0.2, 0) is 13.5 Å². The second-order valence-corrected chi connectivity index (χ2v) is 5.76. The van der Waals surface area contributed by atoms with Crippen LogP contribution in [0.5, 0.6) is 0 Å². The highest BCUT2D eigenvalue weighted by Crippen LogP contribution is 2.25. The van der Waals surface area contributed by atoms with Crippen molar-refractivity contribution in [1.29, 1.82) is 0 Å². The Balaban J connectivity index is 1.93. The summed E-state index contributed by atoms with van der Waals surface area (Å²) < 4.78 is 3.16. The Hall–Kier alpha value is -1.65. The minimum Gasteiger partial charge on any atom is -0.331 e. The fourth-order valence-corrected chi connectivity index (χ4v) is 3.04. The van der Waals surface area contributed by atoms with Crippen LogP contribution in [0, 0.1) is 0 Å². The number of rotatable bonds is 3. The maximum absolute atomic E-state index is 6.34. The molecule has 2 N–H and O–H groups in total. The van der Waals surface area contributed by atoms with Gasteiger partial charge in [-0.2, -0.15) is 0 Å². The molecule has 1 atom stereocenters. The number of fused-ring (bicyclic) bond motifs is 1. The van der Waals surface area contributed by atoms with Crippen molar-refractivity contribution in [2.75, 3.05) is 0 Å². The van der Waals surface area contributed by atoms with Crippen LogP contribution >= 0.6 is 15.9 Å². The lowest BCUT2D eigenvalue weighted by Crippen LogP contribution is -2.16. The van der Waals surface area contributed by atoms with Crippen molar-refractivity contribution in [2.45, 2.75) is 12.5 Å². The van der Waals surface area contributed by atoms with Crippen LogP contribution < -0.4 is 5.73 Å². The van der Waals surface area contributed by atoms with Crippen LogP contribution in [0.15, 0.2) is 53.0 Å². The Morgan fingerprint density at radius 1 is 1.15 bits per heavy atom. The van der Waals surface area contributed by atoms with Crippen molar-refractivity contribution < 1.29 is 0 Å². The molecule has 0 aliphatic heterocycles. The quantitative estimate of drug-likeness (QED) is 0.798.